The normalized spacial score (nSPS) is 16.9. The van der Waals surface area contributed by atoms with Crippen molar-refractivity contribution in [1.29, 1.82) is 0 Å². The molecule has 0 spiro atoms. The van der Waals surface area contributed by atoms with Crippen LogP contribution < -0.4 is 10.1 Å². The Bertz CT molecular complexity index is 380. The molecule has 0 unspecified atom stereocenters. The van der Waals surface area contributed by atoms with Crippen LogP contribution in [0.3, 0.4) is 0 Å². The lowest BCUT2D eigenvalue weighted by atomic mass is 10.2. The Labute approximate surface area is 116 Å². The zero-order valence-corrected chi connectivity index (χ0v) is 11.8. The van der Waals surface area contributed by atoms with Gasteiger partial charge in [0.25, 0.3) is 0 Å². The molecule has 1 fully saturated rings. The topological polar surface area (TPSA) is 24.5 Å². The van der Waals surface area contributed by atoms with E-state index in [-0.39, 0.29) is 0 Å². The van der Waals surface area contributed by atoms with E-state index in [1.807, 2.05) is 12.1 Å². The second kappa shape index (κ2) is 7.97. The SMILES string of the molecule is CCCOc1ccc(/C=C/CN2CCNCC2)cc1. The van der Waals surface area contributed by atoms with Crippen LogP contribution in [0.1, 0.15) is 18.9 Å². The summed E-state index contributed by atoms with van der Waals surface area (Å²) in [5, 5.41) is 3.37. The molecular formula is C16H24N2O. The molecule has 1 aliphatic rings. The van der Waals surface area contributed by atoms with Gasteiger partial charge in [0.1, 0.15) is 5.75 Å². The molecule has 1 heterocycles. The van der Waals surface area contributed by atoms with E-state index in [1.165, 1.54) is 5.56 Å². The first-order chi connectivity index (χ1) is 9.38. The summed E-state index contributed by atoms with van der Waals surface area (Å²) in [4.78, 5) is 2.46. The van der Waals surface area contributed by atoms with E-state index in [4.69, 9.17) is 4.74 Å². The van der Waals surface area contributed by atoms with Crippen molar-refractivity contribution in [2.45, 2.75) is 13.3 Å². The van der Waals surface area contributed by atoms with Gasteiger partial charge in [-0.1, -0.05) is 31.2 Å². The molecule has 0 amide bonds. The molecule has 1 saturated heterocycles. The van der Waals surface area contributed by atoms with Crippen molar-refractivity contribution in [1.82, 2.24) is 10.2 Å². The molecule has 0 aromatic heterocycles. The molecule has 0 saturated carbocycles. The van der Waals surface area contributed by atoms with Crippen molar-refractivity contribution < 1.29 is 4.74 Å². The predicted molar refractivity (Wildman–Crippen MR) is 80.6 cm³/mol. The lowest BCUT2D eigenvalue weighted by molar-refractivity contribution is 0.265. The molecule has 2 rings (SSSR count). The fraction of sp³-hybridized carbons (Fsp3) is 0.500. The van der Waals surface area contributed by atoms with E-state index in [9.17, 15) is 0 Å². The molecule has 0 aliphatic carbocycles. The van der Waals surface area contributed by atoms with E-state index >= 15 is 0 Å². The van der Waals surface area contributed by atoms with Gasteiger partial charge in [0.2, 0.25) is 0 Å². The van der Waals surface area contributed by atoms with Crippen molar-refractivity contribution in [2.75, 3.05) is 39.3 Å². The van der Waals surface area contributed by atoms with Crippen molar-refractivity contribution in [3.8, 4) is 5.75 Å². The largest absolute Gasteiger partial charge is 0.494 e. The highest BCUT2D eigenvalue weighted by Gasteiger charge is 2.06. The molecule has 1 aromatic carbocycles. The average molecular weight is 260 g/mol. The van der Waals surface area contributed by atoms with Gasteiger partial charge in [-0.05, 0) is 24.1 Å². The quantitative estimate of drug-likeness (QED) is 0.850. The number of nitrogens with one attached hydrogen (secondary N) is 1. The molecule has 1 aromatic rings. The van der Waals surface area contributed by atoms with Gasteiger partial charge in [-0.2, -0.15) is 0 Å². The fourth-order valence-corrected chi connectivity index (χ4v) is 2.13. The standard InChI is InChI=1S/C16H24N2O/c1-2-14-19-16-7-5-15(6-8-16)4-3-11-18-12-9-17-10-13-18/h3-8,17H,2,9-14H2,1H3/b4-3+. The van der Waals surface area contributed by atoms with Crippen molar-refractivity contribution in [3.05, 3.63) is 35.9 Å². The number of nitrogens with zero attached hydrogens (tertiary/aromatic N) is 1. The zero-order valence-electron chi connectivity index (χ0n) is 11.8. The van der Waals surface area contributed by atoms with Gasteiger partial charge in [0.15, 0.2) is 0 Å². The minimum atomic E-state index is 0.790. The van der Waals surface area contributed by atoms with Crippen LogP contribution in [0.25, 0.3) is 6.08 Å². The Morgan fingerprint density at radius 2 is 1.95 bits per heavy atom. The number of hydrogen-bond donors (Lipinski definition) is 1. The average Bonchev–Trinajstić information content (AvgIpc) is 2.47. The van der Waals surface area contributed by atoms with Crippen LogP contribution >= 0.6 is 0 Å². The van der Waals surface area contributed by atoms with Gasteiger partial charge >= 0.3 is 0 Å². The van der Waals surface area contributed by atoms with Gasteiger partial charge in [-0.3, -0.25) is 4.90 Å². The molecule has 1 aliphatic heterocycles. The highest BCUT2D eigenvalue weighted by molar-refractivity contribution is 5.50. The molecule has 0 radical (unpaired) electrons. The first-order valence-corrected chi connectivity index (χ1v) is 7.21. The van der Waals surface area contributed by atoms with Crippen LogP contribution in [0.2, 0.25) is 0 Å². The van der Waals surface area contributed by atoms with Crippen LogP contribution in [0.4, 0.5) is 0 Å². The Morgan fingerprint density at radius 3 is 2.63 bits per heavy atom. The van der Waals surface area contributed by atoms with Gasteiger partial charge < -0.3 is 10.1 Å². The van der Waals surface area contributed by atoms with Crippen molar-refractivity contribution in [3.63, 3.8) is 0 Å². The van der Waals surface area contributed by atoms with Crippen LogP contribution in [-0.4, -0.2) is 44.2 Å². The summed E-state index contributed by atoms with van der Waals surface area (Å²) in [6.07, 6.45) is 5.48. The summed E-state index contributed by atoms with van der Waals surface area (Å²) in [5.41, 5.74) is 1.24. The number of benzene rings is 1. The predicted octanol–water partition coefficient (Wildman–Crippen LogP) is 2.39. The highest BCUT2D eigenvalue weighted by atomic mass is 16.5. The maximum atomic E-state index is 5.57. The molecule has 104 valence electrons. The van der Waals surface area contributed by atoms with E-state index in [2.05, 4.69) is 41.4 Å². The summed E-state index contributed by atoms with van der Waals surface area (Å²) in [5.74, 6) is 0.959. The van der Waals surface area contributed by atoms with Crippen molar-refractivity contribution >= 4 is 6.08 Å². The fourth-order valence-electron chi connectivity index (χ4n) is 2.13. The summed E-state index contributed by atoms with van der Waals surface area (Å²) in [7, 11) is 0. The third-order valence-corrected chi connectivity index (χ3v) is 3.24. The Balaban J connectivity index is 1.78. The Hall–Kier alpha value is -1.32. The van der Waals surface area contributed by atoms with Crippen LogP contribution in [-0.2, 0) is 0 Å². The number of hydrogen-bond acceptors (Lipinski definition) is 3. The first-order valence-electron chi connectivity index (χ1n) is 7.21. The van der Waals surface area contributed by atoms with Crippen LogP contribution in [0, 0.1) is 0 Å². The van der Waals surface area contributed by atoms with Crippen LogP contribution in [0.5, 0.6) is 5.75 Å². The first kappa shape index (κ1) is 14.1. The Kier molecular flexibility index (Phi) is 5.92. The minimum Gasteiger partial charge on any atom is -0.494 e. The molecule has 3 nitrogen and oxygen atoms in total. The molecular weight excluding hydrogens is 236 g/mol. The summed E-state index contributed by atoms with van der Waals surface area (Å²) < 4.78 is 5.57. The van der Waals surface area contributed by atoms with Crippen molar-refractivity contribution in [2.24, 2.45) is 0 Å². The smallest absolute Gasteiger partial charge is 0.119 e. The molecule has 19 heavy (non-hydrogen) atoms. The summed E-state index contributed by atoms with van der Waals surface area (Å²) in [6.45, 7) is 8.46. The third-order valence-electron chi connectivity index (χ3n) is 3.24. The zero-order chi connectivity index (χ0) is 13.3. The maximum absolute atomic E-state index is 5.57. The van der Waals surface area contributed by atoms with E-state index < -0.39 is 0 Å². The van der Waals surface area contributed by atoms with Crippen LogP contribution in [0.15, 0.2) is 30.3 Å². The summed E-state index contributed by atoms with van der Waals surface area (Å²) in [6, 6.07) is 8.30. The van der Waals surface area contributed by atoms with Gasteiger partial charge in [-0.25, -0.2) is 0 Å². The van der Waals surface area contributed by atoms with Gasteiger partial charge in [0.05, 0.1) is 6.61 Å². The number of rotatable bonds is 6. The lowest BCUT2D eigenvalue weighted by Crippen LogP contribution is -2.43. The van der Waals surface area contributed by atoms with Gasteiger partial charge in [0, 0.05) is 32.7 Å². The molecule has 0 bridgehead atoms. The summed E-state index contributed by atoms with van der Waals surface area (Å²) >= 11 is 0. The number of piperazine rings is 1. The second-order valence-corrected chi connectivity index (χ2v) is 4.87. The monoisotopic (exact) mass is 260 g/mol. The highest BCUT2D eigenvalue weighted by Crippen LogP contribution is 2.13. The minimum absolute atomic E-state index is 0.790. The lowest BCUT2D eigenvalue weighted by Gasteiger charge is -2.25. The Morgan fingerprint density at radius 1 is 1.21 bits per heavy atom. The van der Waals surface area contributed by atoms with E-state index in [0.717, 1.165) is 51.5 Å². The van der Waals surface area contributed by atoms with Gasteiger partial charge in [-0.15, -0.1) is 0 Å². The maximum Gasteiger partial charge on any atom is 0.119 e. The molecule has 1 N–H and O–H groups in total. The van der Waals surface area contributed by atoms with E-state index in [0.29, 0.717) is 0 Å². The second-order valence-electron chi connectivity index (χ2n) is 4.87. The molecule has 0 atom stereocenters. The molecule has 3 heteroatoms. The number of ether oxygens (including phenoxy) is 1. The third kappa shape index (κ3) is 5.05. The van der Waals surface area contributed by atoms with E-state index in [1.54, 1.807) is 0 Å².